The second-order valence-corrected chi connectivity index (χ2v) is 10.5. The number of fused-ring (bicyclic) bond motifs is 1. The van der Waals surface area contributed by atoms with E-state index in [1.165, 1.54) is 44.1 Å². The average Bonchev–Trinajstić information content (AvgIpc) is 2.78. The summed E-state index contributed by atoms with van der Waals surface area (Å²) in [5.74, 6) is 3.40. The van der Waals surface area contributed by atoms with E-state index in [1.54, 1.807) is 6.92 Å². The molecule has 1 atom stereocenters. The van der Waals surface area contributed by atoms with Crippen molar-refractivity contribution in [3.05, 3.63) is 72.3 Å². The van der Waals surface area contributed by atoms with Crippen molar-refractivity contribution in [2.75, 3.05) is 5.32 Å². The van der Waals surface area contributed by atoms with E-state index in [-0.39, 0.29) is 5.91 Å². The van der Waals surface area contributed by atoms with E-state index in [0.29, 0.717) is 11.2 Å². The van der Waals surface area contributed by atoms with Crippen LogP contribution in [0.15, 0.2) is 66.7 Å². The molecule has 0 radical (unpaired) electrons. The Morgan fingerprint density at radius 2 is 1.50 bits per heavy atom. The summed E-state index contributed by atoms with van der Waals surface area (Å²) >= 11 is 0. The van der Waals surface area contributed by atoms with Crippen molar-refractivity contribution in [1.29, 1.82) is 0 Å². The summed E-state index contributed by atoms with van der Waals surface area (Å²) in [4.78, 5) is 12.8. The molecule has 3 aromatic rings. The maximum atomic E-state index is 12.8. The molecule has 3 aromatic carbocycles. The van der Waals surface area contributed by atoms with Crippen LogP contribution in [0.4, 0.5) is 5.69 Å². The second-order valence-electron chi connectivity index (χ2n) is 10.5. The number of rotatable bonds is 5. The summed E-state index contributed by atoms with van der Waals surface area (Å²) in [7, 11) is 0. The smallest absolute Gasteiger partial charge is 0.265 e. The van der Waals surface area contributed by atoms with Crippen LogP contribution >= 0.6 is 0 Å². The van der Waals surface area contributed by atoms with E-state index in [2.05, 4.69) is 41.7 Å². The van der Waals surface area contributed by atoms with Crippen LogP contribution < -0.4 is 10.1 Å². The second kappa shape index (κ2) is 7.65. The molecule has 0 spiro atoms. The van der Waals surface area contributed by atoms with Gasteiger partial charge in [-0.05, 0) is 109 Å². The molecule has 0 heterocycles. The molecule has 1 N–H and O–H groups in total. The minimum atomic E-state index is -0.570. The first-order valence-corrected chi connectivity index (χ1v) is 12.1. The SMILES string of the molecule is C[C@H](Oc1ccc2ccccc2c1)C(=O)Nc1ccc(C23CC4CC(CC(C4)C2)C3)cc1. The zero-order valence-corrected chi connectivity index (χ0v) is 18.7. The minimum Gasteiger partial charge on any atom is -0.481 e. The molecule has 164 valence electrons. The Labute approximate surface area is 190 Å². The van der Waals surface area contributed by atoms with E-state index in [1.807, 2.05) is 30.3 Å². The molecular weight excluding hydrogens is 394 g/mol. The van der Waals surface area contributed by atoms with E-state index < -0.39 is 6.10 Å². The number of ether oxygens (including phenoxy) is 1. The largest absolute Gasteiger partial charge is 0.481 e. The average molecular weight is 426 g/mol. The molecule has 4 bridgehead atoms. The summed E-state index contributed by atoms with van der Waals surface area (Å²) in [5, 5.41) is 5.31. The third kappa shape index (κ3) is 3.58. The van der Waals surface area contributed by atoms with Gasteiger partial charge in [0, 0.05) is 5.69 Å². The molecule has 3 nitrogen and oxygen atoms in total. The van der Waals surface area contributed by atoms with Gasteiger partial charge in [0.05, 0.1) is 0 Å². The fourth-order valence-electron chi connectivity index (χ4n) is 7.11. The fourth-order valence-corrected chi connectivity index (χ4v) is 7.11. The van der Waals surface area contributed by atoms with Crippen molar-refractivity contribution < 1.29 is 9.53 Å². The highest BCUT2D eigenvalue weighted by Crippen LogP contribution is 2.60. The number of benzene rings is 3. The Morgan fingerprint density at radius 1 is 0.875 bits per heavy atom. The highest BCUT2D eigenvalue weighted by atomic mass is 16.5. The molecule has 0 aliphatic heterocycles. The van der Waals surface area contributed by atoms with Gasteiger partial charge in [-0.2, -0.15) is 0 Å². The van der Waals surface area contributed by atoms with Crippen LogP contribution in [0.1, 0.15) is 51.0 Å². The van der Waals surface area contributed by atoms with Gasteiger partial charge in [0.2, 0.25) is 0 Å². The van der Waals surface area contributed by atoms with Crippen molar-refractivity contribution in [2.45, 2.75) is 57.0 Å². The minimum absolute atomic E-state index is 0.124. The molecule has 0 aromatic heterocycles. The number of hydrogen-bond donors (Lipinski definition) is 1. The number of hydrogen-bond acceptors (Lipinski definition) is 2. The van der Waals surface area contributed by atoms with Gasteiger partial charge in [-0.25, -0.2) is 0 Å². The number of carbonyl (C=O) groups is 1. The van der Waals surface area contributed by atoms with E-state index in [4.69, 9.17) is 4.74 Å². The van der Waals surface area contributed by atoms with Gasteiger partial charge in [0.25, 0.3) is 5.91 Å². The van der Waals surface area contributed by atoms with E-state index in [0.717, 1.165) is 34.2 Å². The molecule has 32 heavy (non-hydrogen) atoms. The predicted octanol–water partition coefficient (Wildman–Crippen LogP) is 6.71. The number of anilines is 1. The highest BCUT2D eigenvalue weighted by Gasteiger charge is 2.51. The molecule has 0 unspecified atom stereocenters. The van der Waals surface area contributed by atoms with Crippen LogP contribution in [-0.4, -0.2) is 12.0 Å². The molecule has 1 amide bonds. The zero-order valence-electron chi connectivity index (χ0n) is 18.7. The lowest BCUT2D eigenvalue weighted by molar-refractivity contribution is -0.122. The predicted molar refractivity (Wildman–Crippen MR) is 129 cm³/mol. The number of carbonyl (C=O) groups excluding carboxylic acids is 1. The third-order valence-electron chi connectivity index (χ3n) is 8.21. The van der Waals surface area contributed by atoms with Crippen molar-refractivity contribution in [2.24, 2.45) is 17.8 Å². The van der Waals surface area contributed by atoms with Gasteiger partial charge in [-0.3, -0.25) is 4.79 Å². The first kappa shape index (κ1) is 19.8. The van der Waals surface area contributed by atoms with Gasteiger partial charge in [0.15, 0.2) is 6.10 Å². The summed E-state index contributed by atoms with van der Waals surface area (Å²) in [5.41, 5.74) is 2.72. The maximum Gasteiger partial charge on any atom is 0.265 e. The monoisotopic (exact) mass is 425 g/mol. The molecule has 0 saturated heterocycles. The van der Waals surface area contributed by atoms with Gasteiger partial charge in [-0.15, -0.1) is 0 Å². The van der Waals surface area contributed by atoms with Gasteiger partial charge >= 0.3 is 0 Å². The molecule has 4 fully saturated rings. The van der Waals surface area contributed by atoms with Crippen molar-refractivity contribution in [3.8, 4) is 5.75 Å². The van der Waals surface area contributed by atoms with Crippen LogP contribution in [0.25, 0.3) is 10.8 Å². The van der Waals surface area contributed by atoms with Crippen LogP contribution in [0, 0.1) is 17.8 Å². The standard InChI is InChI=1S/C29H31NO2/c1-19(32-27-11-6-23-4-2-3-5-24(23)15-27)28(31)30-26-9-7-25(8-10-26)29-16-20-12-21(17-29)14-22(13-20)18-29/h2-11,15,19-22H,12-14,16-18H2,1H3,(H,30,31)/t19-,20?,21?,22?,29?/m0/s1. The third-order valence-corrected chi connectivity index (χ3v) is 8.21. The summed E-state index contributed by atoms with van der Waals surface area (Å²) < 4.78 is 5.93. The molecule has 3 heteroatoms. The molecule has 4 aliphatic rings. The quantitative estimate of drug-likeness (QED) is 0.493. The van der Waals surface area contributed by atoms with Crippen LogP contribution in [0.5, 0.6) is 5.75 Å². The topological polar surface area (TPSA) is 38.3 Å². The first-order chi connectivity index (χ1) is 15.6. The number of nitrogens with one attached hydrogen (secondary N) is 1. The summed E-state index contributed by atoms with van der Waals surface area (Å²) in [6, 6.07) is 22.8. The summed E-state index contributed by atoms with van der Waals surface area (Å²) in [6.45, 7) is 1.80. The Kier molecular flexibility index (Phi) is 4.74. The Hall–Kier alpha value is -2.81. The van der Waals surface area contributed by atoms with Crippen LogP contribution in [0.3, 0.4) is 0 Å². The molecule has 4 saturated carbocycles. The van der Waals surface area contributed by atoms with Crippen LogP contribution in [0.2, 0.25) is 0 Å². The van der Waals surface area contributed by atoms with E-state index >= 15 is 0 Å². The lowest BCUT2D eigenvalue weighted by atomic mass is 9.48. The molecule has 4 aliphatic carbocycles. The normalized spacial score (nSPS) is 29.1. The zero-order chi connectivity index (χ0) is 21.7. The maximum absolute atomic E-state index is 12.8. The molecular formula is C29H31NO2. The van der Waals surface area contributed by atoms with Crippen molar-refractivity contribution in [1.82, 2.24) is 0 Å². The van der Waals surface area contributed by atoms with Crippen molar-refractivity contribution >= 4 is 22.4 Å². The van der Waals surface area contributed by atoms with Gasteiger partial charge < -0.3 is 10.1 Å². The first-order valence-electron chi connectivity index (χ1n) is 12.1. The number of amides is 1. The van der Waals surface area contributed by atoms with Gasteiger partial charge in [0.1, 0.15) is 5.75 Å². The molecule has 7 rings (SSSR count). The van der Waals surface area contributed by atoms with Crippen LogP contribution in [-0.2, 0) is 10.2 Å². The fraction of sp³-hybridized carbons (Fsp3) is 0.414. The lowest BCUT2D eigenvalue weighted by Crippen LogP contribution is -2.48. The Morgan fingerprint density at radius 3 is 2.16 bits per heavy atom. The summed E-state index contributed by atoms with van der Waals surface area (Å²) in [6.07, 6.45) is 7.90. The Bertz CT molecular complexity index is 1110. The lowest BCUT2D eigenvalue weighted by Gasteiger charge is -2.57. The Balaban J connectivity index is 1.12. The highest BCUT2D eigenvalue weighted by molar-refractivity contribution is 5.94. The van der Waals surface area contributed by atoms with E-state index in [9.17, 15) is 4.79 Å². The van der Waals surface area contributed by atoms with Gasteiger partial charge in [-0.1, -0.05) is 42.5 Å². The van der Waals surface area contributed by atoms with Crippen molar-refractivity contribution in [3.63, 3.8) is 0 Å².